The first-order valence-electron chi connectivity index (χ1n) is 8.67. The highest BCUT2D eigenvalue weighted by Crippen LogP contribution is 2.46. The maximum Gasteiger partial charge on any atom is 0.416 e. The van der Waals surface area contributed by atoms with Gasteiger partial charge >= 0.3 is 6.18 Å². The van der Waals surface area contributed by atoms with Gasteiger partial charge in [-0.25, -0.2) is 0 Å². The van der Waals surface area contributed by atoms with Gasteiger partial charge in [-0.1, -0.05) is 54.6 Å². The van der Waals surface area contributed by atoms with Gasteiger partial charge in [0.15, 0.2) is 5.79 Å². The Balaban J connectivity index is 1.50. The summed E-state index contributed by atoms with van der Waals surface area (Å²) in [6, 6.07) is 15.1. The number of benzene rings is 2. The fraction of sp³-hybridized carbons (Fsp3) is 0.333. The maximum absolute atomic E-state index is 12.6. The van der Waals surface area contributed by atoms with Crippen LogP contribution < -0.4 is 0 Å². The van der Waals surface area contributed by atoms with Gasteiger partial charge in [0, 0.05) is 12.0 Å². The number of hydrogen-bond donors (Lipinski definition) is 0. The molecule has 2 aromatic rings. The van der Waals surface area contributed by atoms with Gasteiger partial charge in [-0.15, -0.1) is 0 Å². The van der Waals surface area contributed by atoms with E-state index in [0.29, 0.717) is 13.0 Å². The first-order valence-corrected chi connectivity index (χ1v) is 8.67. The van der Waals surface area contributed by atoms with Crippen molar-refractivity contribution in [2.75, 3.05) is 6.61 Å². The van der Waals surface area contributed by atoms with E-state index < -0.39 is 17.5 Å². The molecule has 136 valence electrons. The highest BCUT2D eigenvalue weighted by atomic mass is 19.4. The summed E-state index contributed by atoms with van der Waals surface area (Å²) in [6.45, 7) is 0.569. The first-order chi connectivity index (χ1) is 12.4. The zero-order chi connectivity index (χ0) is 18.2. The van der Waals surface area contributed by atoms with Gasteiger partial charge in [0.05, 0.1) is 18.3 Å². The average Bonchev–Trinajstić information content (AvgIpc) is 2.96. The van der Waals surface area contributed by atoms with Crippen molar-refractivity contribution in [3.8, 4) is 0 Å². The SMILES string of the molecule is FC(F)(F)c1ccc(/C=C/[C@@H]2C[C@H]3CO[C@@](c4ccccc4)(C2)O3)cc1. The van der Waals surface area contributed by atoms with Crippen molar-refractivity contribution >= 4 is 6.08 Å². The maximum atomic E-state index is 12.6. The van der Waals surface area contributed by atoms with Gasteiger partial charge in [-0.3, -0.25) is 0 Å². The molecule has 0 unspecified atom stereocenters. The van der Waals surface area contributed by atoms with Crippen LogP contribution in [0.25, 0.3) is 6.08 Å². The Bertz CT molecular complexity index is 783. The van der Waals surface area contributed by atoms with Crippen LogP contribution in [0, 0.1) is 5.92 Å². The lowest BCUT2D eigenvalue weighted by Crippen LogP contribution is -2.35. The summed E-state index contributed by atoms with van der Waals surface area (Å²) in [5.74, 6) is -0.460. The third-order valence-corrected chi connectivity index (χ3v) is 4.97. The topological polar surface area (TPSA) is 18.5 Å². The molecule has 0 N–H and O–H groups in total. The number of alkyl halides is 3. The lowest BCUT2D eigenvalue weighted by molar-refractivity contribution is -0.205. The minimum atomic E-state index is -4.30. The minimum Gasteiger partial charge on any atom is -0.343 e. The predicted octanol–water partition coefficient (Wildman–Crippen LogP) is 5.40. The molecule has 2 aliphatic rings. The normalized spacial score (nSPS) is 28.6. The van der Waals surface area contributed by atoms with E-state index in [1.54, 1.807) is 0 Å². The second-order valence-corrected chi connectivity index (χ2v) is 6.85. The van der Waals surface area contributed by atoms with Crippen molar-refractivity contribution in [1.82, 2.24) is 0 Å². The molecule has 3 atom stereocenters. The second kappa shape index (κ2) is 6.56. The number of ether oxygens (including phenoxy) is 2. The summed E-state index contributed by atoms with van der Waals surface area (Å²) in [6.07, 6.45) is 1.24. The Morgan fingerprint density at radius 2 is 1.73 bits per heavy atom. The third kappa shape index (κ3) is 3.41. The summed E-state index contributed by atoms with van der Waals surface area (Å²) in [5.41, 5.74) is 1.14. The van der Waals surface area contributed by atoms with E-state index in [0.717, 1.165) is 29.7 Å². The van der Waals surface area contributed by atoms with Gasteiger partial charge in [0.1, 0.15) is 0 Å². The van der Waals surface area contributed by atoms with Crippen LogP contribution in [0.5, 0.6) is 0 Å². The monoisotopic (exact) mass is 360 g/mol. The fourth-order valence-electron chi connectivity index (χ4n) is 3.69. The largest absolute Gasteiger partial charge is 0.416 e. The molecule has 0 amide bonds. The van der Waals surface area contributed by atoms with E-state index in [2.05, 4.69) is 6.08 Å². The van der Waals surface area contributed by atoms with E-state index in [-0.39, 0.29) is 12.0 Å². The molecule has 2 nitrogen and oxygen atoms in total. The lowest BCUT2D eigenvalue weighted by atomic mass is 9.87. The van der Waals surface area contributed by atoms with E-state index in [9.17, 15) is 13.2 Å². The van der Waals surface area contributed by atoms with Crippen molar-refractivity contribution in [1.29, 1.82) is 0 Å². The van der Waals surface area contributed by atoms with Crippen molar-refractivity contribution in [2.24, 2.45) is 5.92 Å². The molecular weight excluding hydrogens is 341 g/mol. The molecule has 4 rings (SSSR count). The molecule has 0 saturated carbocycles. The van der Waals surface area contributed by atoms with Crippen LogP contribution >= 0.6 is 0 Å². The number of fused-ring (bicyclic) bond motifs is 2. The summed E-state index contributed by atoms with van der Waals surface area (Å²) in [7, 11) is 0. The molecule has 0 aromatic heterocycles. The van der Waals surface area contributed by atoms with Crippen molar-refractivity contribution in [2.45, 2.75) is 30.9 Å². The van der Waals surface area contributed by atoms with Crippen LogP contribution in [-0.4, -0.2) is 12.7 Å². The van der Waals surface area contributed by atoms with E-state index in [4.69, 9.17) is 9.47 Å². The van der Waals surface area contributed by atoms with Crippen molar-refractivity contribution in [3.05, 3.63) is 77.4 Å². The molecule has 2 bridgehead atoms. The molecule has 5 heteroatoms. The highest BCUT2D eigenvalue weighted by Gasteiger charge is 2.48. The van der Waals surface area contributed by atoms with Crippen LogP contribution in [-0.2, 0) is 21.4 Å². The van der Waals surface area contributed by atoms with E-state index in [1.807, 2.05) is 36.4 Å². The number of hydrogen-bond acceptors (Lipinski definition) is 2. The third-order valence-electron chi connectivity index (χ3n) is 4.97. The number of allylic oxidation sites excluding steroid dienone is 1. The molecular formula is C21H19F3O2. The molecule has 0 spiro atoms. The minimum absolute atomic E-state index is 0.0474. The highest BCUT2D eigenvalue weighted by molar-refractivity contribution is 5.50. The Morgan fingerprint density at radius 3 is 2.42 bits per heavy atom. The van der Waals surface area contributed by atoms with E-state index in [1.165, 1.54) is 12.1 Å². The summed E-state index contributed by atoms with van der Waals surface area (Å²) >= 11 is 0. The van der Waals surface area contributed by atoms with Gasteiger partial charge < -0.3 is 9.47 Å². The van der Waals surface area contributed by atoms with Gasteiger partial charge in [-0.05, 0) is 30.0 Å². The average molecular weight is 360 g/mol. The zero-order valence-corrected chi connectivity index (χ0v) is 14.1. The Labute approximate surface area is 150 Å². The summed E-state index contributed by atoms with van der Waals surface area (Å²) in [4.78, 5) is 0. The Kier molecular flexibility index (Phi) is 4.37. The molecule has 2 aromatic carbocycles. The van der Waals surface area contributed by atoms with Crippen molar-refractivity contribution < 1.29 is 22.6 Å². The Hall–Kier alpha value is -2.11. The van der Waals surface area contributed by atoms with Gasteiger partial charge in [0.25, 0.3) is 0 Å². The summed E-state index contributed by atoms with van der Waals surface area (Å²) in [5, 5.41) is 0. The molecule has 0 aliphatic carbocycles. The number of rotatable bonds is 3. The van der Waals surface area contributed by atoms with Gasteiger partial charge in [-0.2, -0.15) is 13.2 Å². The quantitative estimate of drug-likeness (QED) is 0.730. The van der Waals surface area contributed by atoms with Crippen LogP contribution in [0.15, 0.2) is 60.7 Å². The van der Waals surface area contributed by atoms with Crippen LogP contribution in [0.3, 0.4) is 0 Å². The molecule has 2 heterocycles. The van der Waals surface area contributed by atoms with Crippen molar-refractivity contribution in [3.63, 3.8) is 0 Å². The molecule has 26 heavy (non-hydrogen) atoms. The summed E-state index contributed by atoms with van der Waals surface area (Å²) < 4.78 is 50.1. The first kappa shape index (κ1) is 17.3. The Morgan fingerprint density at radius 1 is 1.00 bits per heavy atom. The smallest absolute Gasteiger partial charge is 0.343 e. The zero-order valence-electron chi connectivity index (χ0n) is 14.1. The number of halogens is 3. The molecule has 2 aliphatic heterocycles. The lowest BCUT2D eigenvalue weighted by Gasteiger charge is -2.35. The molecule has 2 fully saturated rings. The predicted molar refractivity (Wildman–Crippen MR) is 92.1 cm³/mol. The van der Waals surface area contributed by atoms with Crippen LogP contribution in [0.1, 0.15) is 29.5 Å². The van der Waals surface area contributed by atoms with Gasteiger partial charge in [0.2, 0.25) is 0 Å². The van der Waals surface area contributed by atoms with E-state index >= 15 is 0 Å². The van der Waals surface area contributed by atoms with Crippen LogP contribution in [0.2, 0.25) is 0 Å². The fourth-order valence-corrected chi connectivity index (χ4v) is 3.69. The molecule has 0 radical (unpaired) electrons. The molecule has 2 saturated heterocycles. The van der Waals surface area contributed by atoms with Crippen LogP contribution in [0.4, 0.5) is 13.2 Å². The standard InChI is InChI=1S/C21H19F3O2/c22-21(23,24)18-10-8-15(9-11-18)6-7-16-12-19-14-25-20(13-16,26-19)17-4-2-1-3-5-17/h1-11,16,19H,12-14H2/b7-6+/t16-,19+,20+/m1/s1. The second-order valence-electron chi connectivity index (χ2n) is 6.85.